The molecule has 2 aromatic rings. The van der Waals surface area contributed by atoms with Crippen molar-refractivity contribution in [1.82, 2.24) is 0 Å². The Balaban J connectivity index is 0.000000448. The fourth-order valence-corrected chi connectivity index (χ4v) is 6.46. The molecule has 2 bridgehead atoms. The summed E-state index contributed by atoms with van der Waals surface area (Å²) in [4.78, 5) is 22.4. The molecule has 0 spiro atoms. The second-order valence-corrected chi connectivity index (χ2v) is 11.1. The predicted octanol–water partition coefficient (Wildman–Crippen LogP) is 3.76. The fourth-order valence-electron chi connectivity index (χ4n) is 6.46. The van der Waals surface area contributed by atoms with Crippen molar-refractivity contribution in [3.63, 3.8) is 0 Å². The van der Waals surface area contributed by atoms with Crippen molar-refractivity contribution in [2.24, 2.45) is 11.8 Å². The monoisotopic (exact) mass is 547 g/mol. The van der Waals surface area contributed by atoms with Crippen molar-refractivity contribution >= 4 is 11.9 Å². The molecule has 39 heavy (non-hydrogen) atoms. The minimum Gasteiger partial charge on any atom is -0.542 e. The summed E-state index contributed by atoms with van der Waals surface area (Å²) in [6, 6.07) is 20.2. The number of benzene rings is 2. The van der Waals surface area contributed by atoms with Crippen molar-refractivity contribution in [2.75, 3.05) is 26.2 Å². The highest BCUT2D eigenvalue weighted by Crippen LogP contribution is 2.43. The zero-order chi connectivity index (χ0) is 28.1. The molecule has 9 heteroatoms. The zero-order valence-electron chi connectivity index (χ0n) is 21.9. The van der Waals surface area contributed by atoms with Gasteiger partial charge in [-0.2, -0.15) is 13.2 Å². The van der Waals surface area contributed by atoms with Crippen LogP contribution in [-0.4, -0.2) is 60.0 Å². The number of carboxylic acid groups (broad SMARTS) is 1. The van der Waals surface area contributed by atoms with E-state index in [1.807, 2.05) is 30.3 Å². The quantitative estimate of drug-likeness (QED) is 0.422. The van der Waals surface area contributed by atoms with Gasteiger partial charge in [0.15, 0.2) is 11.7 Å². The van der Waals surface area contributed by atoms with E-state index in [0.29, 0.717) is 11.5 Å². The van der Waals surface area contributed by atoms with E-state index in [4.69, 9.17) is 14.6 Å². The molecule has 6 nitrogen and oxygen atoms in total. The Morgan fingerprint density at radius 1 is 0.923 bits per heavy atom. The maximum atomic E-state index is 13.6. The summed E-state index contributed by atoms with van der Waals surface area (Å²) in [6.45, 7) is 4.34. The Hall–Kier alpha value is -2.91. The summed E-state index contributed by atoms with van der Waals surface area (Å²) in [6.07, 6.45) is 1.90. The smallest absolute Gasteiger partial charge is 0.430 e. The number of aliphatic hydroxyl groups is 1. The Bertz CT molecular complexity index is 1100. The third kappa shape index (κ3) is 6.81. The van der Waals surface area contributed by atoms with Gasteiger partial charge < -0.3 is 24.2 Å². The fraction of sp³-hybridized carbons (Fsp3) is 0.533. The van der Waals surface area contributed by atoms with Crippen LogP contribution >= 0.6 is 0 Å². The normalized spacial score (nSPS) is 26.3. The van der Waals surface area contributed by atoms with E-state index in [1.165, 1.54) is 18.7 Å². The van der Waals surface area contributed by atoms with Gasteiger partial charge in [0.05, 0.1) is 19.6 Å². The molecule has 0 amide bonds. The van der Waals surface area contributed by atoms with E-state index in [0.717, 1.165) is 62.5 Å². The van der Waals surface area contributed by atoms with Crippen LogP contribution in [0.5, 0.6) is 0 Å². The van der Waals surface area contributed by atoms with Crippen molar-refractivity contribution in [3.8, 4) is 0 Å². The lowest BCUT2D eigenvalue weighted by atomic mass is 9.79. The Morgan fingerprint density at radius 3 is 2.00 bits per heavy atom. The molecule has 4 aliphatic rings. The van der Waals surface area contributed by atoms with E-state index in [9.17, 15) is 23.1 Å². The molecule has 3 saturated heterocycles. The van der Waals surface area contributed by atoms with Gasteiger partial charge in [-0.1, -0.05) is 73.5 Å². The van der Waals surface area contributed by atoms with Gasteiger partial charge in [0.25, 0.3) is 0 Å². The summed E-state index contributed by atoms with van der Waals surface area (Å²) in [5, 5.41) is 20.6. The molecular weight excluding hydrogens is 511 g/mol. The lowest BCUT2D eigenvalue weighted by molar-refractivity contribution is -0.946. The van der Waals surface area contributed by atoms with Gasteiger partial charge >= 0.3 is 12.1 Å². The maximum Gasteiger partial charge on any atom is 0.430 e. The highest BCUT2D eigenvalue weighted by molar-refractivity contribution is 5.82. The van der Waals surface area contributed by atoms with Crippen LogP contribution in [0.3, 0.4) is 0 Å². The summed E-state index contributed by atoms with van der Waals surface area (Å²) < 4.78 is 38.8. The minimum atomic E-state index is -5.19. The summed E-state index contributed by atoms with van der Waals surface area (Å²) >= 11 is 0. The van der Waals surface area contributed by atoms with Gasteiger partial charge in [-0.05, 0) is 24.0 Å². The summed E-state index contributed by atoms with van der Waals surface area (Å²) in [5.74, 6) is -3.05. The molecule has 4 fully saturated rings. The SMILES string of the molecule is O=C(O[C@H]1C[N+]2(CCc3ccccc3)CCC1CC2)[C@@](O)(c1ccccc1)C1CCCC1.O=C([O-])C(F)(F)F. The average Bonchev–Trinajstić information content (AvgIpc) is 3.49. The Kier molecular flexibility index (Phi) is 9.01. The standard InChI is InChI=1S/C28H36NO3.C2HF3O2/c30-27(28(31,25-13-7-8-14-25)24-11-5-2-6-12-24)32-26-21-29(19-16-23(26)17-20-29)18-15-22-9-3-1-4-10-22;3-2(4,5)1(6)7/h1-6,9-12,23,25-26,31H,7-8,13-21H2;(H,6,7)/q+1;/p-1/t23?,26-,28+,29?;/m0./s1. The van der Waals surface area contributed by atoms with Crippen molar-refractivity contribution in [2.45, 2.75) is 62.8 Å². The molecule has 1 saturated carbocycles. The van der Waals surface area contributed by atoms with Gasteiger partial charge in [-0.3, -0.25) is 0 Å². The second-order valence-electron chi connectivity index (χ2n) is 11.1. The highest BCUT2D eigenvalue weighted by atomic mass is 19.4. The van der Waals surface area contributed by atoms with Gasteiger partial charge in [0.2, 0.25) is 0 Å². The number of carbonyl (C=O) groups excluding carboxylic acids is 2. The first kappa shape index (κ1) is 29.1. The minimum absolute atomic E-state index is 0.0558. The molecule has 2 aromatic carbocycles. The number of aliphatic carboxylic acids is 1. The lowest BCUT2D eigenvalue weighted by Gasteiger charge is -2.52. The van der Waals surface area contributed by atoms with Crippen LogP contribution in [0, 0.1) is 11.8 Å². The number of carboxylic acids is 1. The van der Waals surface area contributed by atoms with Crippen molar-refractivity contribution in [3.05, 3.63) is 71.8 Å². The molecule has 0 radical (unpaired) electrons. The average molecular weight is 548 g/mol. The van der Waals surface area contributed by atoms with E-state index >= 15 is 0 Å². The zero-order valence-corrected chi connectivity index (χ0v) is 21.9. The first-order chi connectivity index (χ1) is 18.5. The van der Waals surface area contributed by atoms with E-state index in [-0.39, 0.29) is 12.0 Å². The van der Waals surface area contributed by atoms with Crippen LogP contribution in [0.4, 0.5) is 13.2 Å². The van der Waals surface area contributed by atoms with Gasteiger partial charge in [-0.25, -0.2) is 4.79 Å². The summed E-state index contributed by atoms with van der Waals surface area (Å²) in [5.41, 5.74) is 0.533. The third-order valence-electron chi connectivity index (χ3n) is 8.72. The number of alkyl halides is 3. The number of ether oxygens (including phenoxy) is 1. The number of hydrogen-bond acceptors (Lipinski definition) is 5. The summed E-state index contributed by atoms with van der Waals surface area (Å²) in [7, 11) is 0. The van der Waals surface area contributed by atoms with Gasteiger partial charge in [-0.15, -0.1) is 0 Å². The highest BCUT2D eigenvalue weighted by Gasteiger charge is 2.52. The van der Waals surface area contributed by atoms with E-state index in [2.05, 4.69) is 30.3 Å². The van der Waals surface area contributed by atoms with Crippen LogP contribution in [0.15, 0.2) is 60.7 Å². The van der Waals surface area contributed by atoms with Crippen molar-refractivity contribution in [1.29, 1.82) is 0 Å². The molecule has 0 aromatic heterocycles. The van der Waals surface area contributed by atoms with Crippen LogP contribution in [0.1, 0.15) is 49.7 Å². The van der Waals surface area contributed by atoms with Crippen molar-refractivity contribution < 1.29 is 42.2 Å². The number of piperidine rings is 3. The first-order valence-electron chi connectivity index (χ1n) is 13.7. The number of halogens is 3. The molecule has 0 unspecified atom stereocenters. The number of esters is 1. The number of quaternary nitrogens is 1. The Labute approximate surface area is 227 Å². The number of nitrogens with zero attached hydrogens (tertiary/aromatic N) is 1. The van der Waals surface area contributed by atoms with Crippen LogP contribution in [0.25, 0.3) is 0 Å². The van der Waals surface area contributed by atoms with Gasteiger partial charge in [0, 0.05) is 31.1 Å². The molecule has 3 aliphatic heterocycles. The molecule has 2 atom stereocenters. The van der Waals surface area contributed by atoms with Crippen LogP contribution in [0.2, 0.25) is 0 Å². The van der Waals surface area contributed by atoms with Gasteiger partial charge in [0.1, 0.15) is 12.5 Å². The van der Waals surface area contributed by atoms with Crippen LogP contribution < -0.4 is 5.11 Å². The number of carbonyl (C=O) groups is 2. The number of rotatable bonds is 7. The number of hydrogen-bond donors (Lipinski definition) is 1. The van der Waals surface area contributed by atoms with E-state index < -0.39 is 23.7 Å². The Morgan fingerprint density at radius 2 is 1.46 bits per heavy atom. The molecule has 212 valence electrons. The molecule has 6 rings (SSSR count). The molecule has 1 aliphatic carbocycles. The van der Waals surface area contributed by atoms with E-state index in [1.54, 1.807) is 0 Å². The van der Waals surface area contributed by atoms with Crippen LogP contribution in [-0.2, 0) is 26.3 Å². The molecular formula is C30H36F3NO5. The first-order valence-corrected chi connectivity index (χ1v) is 13.7. The largest absolute Gasteiger partial charge is 0.542 e. The third-order valence-corrected chi connectivity index (χ3v) is 8.72. The lowest BCUT2D eigenvalue weighted by Crippen LogP contribution is -2.65. The second kappa shape index (κ2) is 12.1. The maximum absolute atomic E-state index is 13.6. The topological polar surface area (TPSA) is 86.7 Å². The molecule has 1 N–H and O–H groups in total. The number of fused-ring (bicyclic) bond motifs is 3. The molecule has 3 heterocycles. The predicted molar refractivity (Wildman–Crippen MR) is 136 cm³/mol.